The lowest BCUT2D eigenvalue weighted by atomic mass is 9.94. The van der Waals surface area contributed by atoms with Gasteiger partial charge in [0.2, 0.25) is 0 Å². The summed E-state index contributed by atoms with van der Waals surface area (Å²) >= 11 is 0. The van der Waals surface area contributed by atoms with Gasteiger partial charge in [0.15, 0.2) is 9.84 Å². The Balaban J connectivity index is 2.70. The first kappa shape index (κ1) is 18.9. The van der Waals surface area contributed by atoms with Gasteiger partial charge in [0.1, 0.15) is 0 Å². The average molecular weight is 319 g/mol. The Morgan fingerprint density at radius 1 is 1.29 bits per heavy atom. The lowest BCUT2D eigenvalue weighted by Crippen LogP contribution is -2.63. The highest BCUT2D eigenvalue weighted by Gasteiger charge is 2.36. The Hall–Kier alpha value is -0.130. The zero-order valence-electron chi connectivity index (χ0n) is 14.9. The van der Waals surface area contributed by atoms with Crippen LogP contribution in [0.4, 0.5) is 0 Å². The van der Waals surface area contributed by atoms with Crippen molar-refractivity contribution in [1.29, 1.82) is 0 Å². The minimum absolute atomic E-state index is 0.0148. The first-order valence-electron chi connectivity index (χ1n) is 8.06. The molecule has 0 aromatic rings. The van der Waals surface area contributed by atoms with Crippen LogP contribution in [-0.2, 0) is 9.84 Å². The first-order chi connectivity index (χ1) is 9.35. The predicted octanol–water partition coefficient (Wildman–Crippen LogP) is 2.30. The highest BCUT2D eigenvalue weighted by molar-refractivity contribution is 7.92. The molecule has 21 heavy (non-hydrogen) atoms. The maximum absolute atomic E-state index is 12.3. The number of nitrogens with zero attached hydrogens (tertiary/aromatic N) is 1. The number of hydrogen-bond donors (Lipinski definition) is 1. The fraction of sp³-hybridized carbons (Fsp3) is 1.00. The molecule has 1 rings (SSSR count). The molecule has 0 saturated carbocycles. The van der Waals surface area contributed by atoms with Crippen LogP contribution in [-0.4, -0.2) is 55.0 Å². The van der Waals surface area contributed by atoms with E-state index in [1.165, 1.54) is 0 Å². The van der Waals surface area contributed by atoms with Crippen molar-refractivity contribution in [2.24, 2.45) is 5.92 Å². The molecule has 1 aliphatic heterocycles. The Morgan fingerprint density at radius 3 is 2.33 bits per heavy atom. The van der Waals surface area contributed by atoms with Gasteiger partial charge in [-0.3, -0.25) is 4.90 Å². The van der Waals surface area contributed by atoms with Crippen LogP contribution in [0.3, 0.4) is 0 Å². The number of piperazine rings is 1. The van der Waals surface area contributed by atoms with Crippen LogP contribution < -0.4 is 5.32 Å². The van der Waals surface area contributed by atoms with Crippen molar-refractivity contribution in [1.82, 2.24) is 10.2 Å². The maximum Gasteiger partial charge on any atom is 0.156 e. The van der Waals surface area contributed by atoms with E-state index in [-0.39, 0.29) is 11.3 Å². The molecule has 0 aromatic heterocycles. The Labute approximate surface area is 131 Å². The van der Waals surface area contributed by atoms with E-state index >= 15 is 0 Å². The summed E-state index contributed by atoms with van der Waals surface area (Å²) in [4.78, 5) is 2.35. The lowest BCUT2D eigenvalue weighted by Gasteiger charge is -2.46. The molecule has 0 spiro atoms. The smallest absolute Gasteiger partial charge is 0.156 e. The molecule has 1 atom stereocenters. The summed E-state index contributed by atoms with van der Waals surface area (Å²) in [5.41, 5.74) is 0.0148. The molecular weight excluding hydrogens is 284 g/mol. The largest absolute Gasteiger partial charge is 0.311 e. The van der Waals surface area contributed by atoms with Gasteiger partial charge in [0, 0.05) is 31.2 Å². The van der Waals surface area contributed by atoms with Crippen LogP contribution in [0.2, 0.25) is 0 Å². The second kappa shape index (κ2) is 6.55. The van der Waals surface area contributed by atoms with E-state index in [9.17, 15) is 8.42 Å². The molecule has 0 aromatic carbocycles. The Kier molecular flexibility index (Phi) is 5.90. The van der Waals surface area contributed by atoms with Gasteiger partial charge in [-0.25, -0.2) is 8.42 Å². The summed E-state index contributed by atoms with van der Waals surface area (Å²) < 4.78 is 24.0. The van der Waals surface area contributed by atoms with Crippen LogP contribution in [0.25, 0.3) is 0 Å². The Morgan fingerprint density at radius 2 is 1.86 bits per heavy atom. The second-order valence-electron chi connectivity index (χ2n) is 8.40. The standard InChI is InChI=1S/C16H34N2O2S/c1-13(2)10-14-11-18(16(6,7)12-17-14)8-9-21(19,20)15(3,4)5/h13-14,17H,8-12H2,1-7H3. The zero-order chi connectivity index (χ0) is 16.5. The summed E-state index contributed by atoms with van der Waals surface area (Å²) in [5, 5.41) is 3.61. The van der Waals surface area contributed by atoms with Gasteiger partial charge < -0.3 is 5.32 Å². The van der Waals surface area contributed by atoms with Gasteiger partial charge in [-0.15, -0.1) is 0 Å². The molecule has 0 aliphatic carbocycles. The molecular formula is C16H34N2O2S. The third-order valence-electron chi connectivity index (χ3n) is 4.44. The van der Waals surface area contributed by atoms with E-state index < -0.39 is 14.6 Å². The Bertz CT molecular complexity index is 436. The highest BCUT2D eigenvalue weighted by atomic mass is 32.2. The minimum Gasteiger partial charge on any atom is -0.311 e. The number of hydrogen-bond acceptors (Lipinski definition) is 4. The van der Waals surface area contributed by atoms with Crippen LogP contribution in [0, 0.1) is 5.92 Å². The quantitative estimate of drug-likeness (QED) is 0.845. The fourth-order valence-corrected chi connectivity index (χ4v) is 3.81. The van der Waals surface area contributed by atoms with Crippen LogP contribution >= 0.6 is 0 Å². The second-order valence-corrected chi connectivity index (χ2v) is 11.3. The molecule has 0 amide bonds. The topological polar surface area (TPSA) is 49.4 Å². The van der Waals surface area contributed by atoms with Gasteiger partial charge >= 0.3 is 0 Å². The molecule has 0 radical (unpaired) electrons. The van der Waals surface area contributed by atoms with Crippen LogP contribution in [0.5, 0.6) is 0 Å². The monoisotopic (exact) mass is 318 g/mol. The molecule has 126 valence electrons. The van der Waals surface area contributed by atoms with Gasteiger partial charge in [0.25, 0.3) is 0 Å². The SMILES string of the molecule is CC(C)CC1CN(CCS(=O)(=O)C(C)(C)C)C(C)(C)CN1. The van der Waals surface area contributed by atoms with Crippen LogP contribution in [0.1, 0.15) is 54.9 Å². The summed E-state index contributed by atoms with van der Waals surface area (Å²) in [6, 6.07) is 0.468. The van der Waals surface area contributed by atoms with Crippen molar-refractivity contribution in [2.45, 2.75) is 71.2 Å². The number of nitrogens with one attached hydrogen (secondary N) is 1. The van der Waals surface area contributed by atoms with Gasteiger partial charge in [0.05, 0.1) is 10.5 Å². The van der Waals surface area contributed by atoms with E-state index in [0.29, 0.717) is 18.5 Å². The van der Waals surface area contributed by atoms with E-state index in [2.05, 4.69) is 37.9 Å². The molecule has 5 heteroatoms. The summed E-state index contributed by atoms with van der Waals surface area (Å²) in [6.45, 7) is 16.7. The molecule has 1 aliphatic rings. The maximum atomic E-state index is 12.3. The van der Waals surface area contributed by atoms with E-state index in [1.807, 2.05) is 0 Å². The summed E-state index contributed by atoms with van der Waals surface area (Å²) in [6.07, 6.45) is 1.14. The fourth-order valence-electron chi connectivity index (χ4n) is 2.74. The highest BCUT2D eigenvalue weighted by Crippen LogP contribution is 2.23. The van der Waals surface area contributed by atoms with Gasteiger partial charge in [-0.2, -0.15) is 0 Å². The minimum atomic E-state index is -3.05. The average Bonchev–Trinajstić information content (AvgIpc) is 2.27. The number of rotatable bonds is 5. The van der Waals surface area contributed by atoms with Gasteiger partial charge in [-0.05, 0) is 47.0 Å². The van der Waals surface area contributed by atoms with Crippen molar-refractivity contribution in [3.8, 4) is 0 Å². The molecule has 4 nitrogen and oxygen atoms in total. The van der Waals surface area contributed by atoms with E-state index in [4.69, 9.17) is 0 Å². The van der Waals surface area contributed by atoms with Crippen molar-refractivity contribution in [3.05, 3.63) is 0 Å². The van der Waals surface area contributed by atoms with Crippen molar-refractivity contribution >= 4 is 9.84 Å². The van der Waals surface area contributed by atoms with Crippen molar-refractivity contribution < 1.29 is 8.42 Å². The molecule has 1 unspecified atom stereocenters. The van der Waals surface area contributed by atoms with Crippen molar-refractivity contribution in [3.63, 3.8) is 0 Å². The zero-order valence-corrected chi connectivity index (χ0v) is 15.7. The van der Waals surface area contributed by atoms with E-state index in [0.717, 1.165) is 19.5 Å². The summed E-state index contributed by atoms with van der Waals surface area (Å²) in [5.74, 6) is 0.901. The third-order valence-corrected chi connectivity index (χ3v) is 7.03. The normalized spacial score (nSPS) is 24.5. The summed E-state index contributed by atoms with van der Waals surface area (Å²) in [7, 11) is -3.05. The first-order valence-corrected chi connectivity index (χ1v) is 9.71. The molecule has 1 N–H and O–H groups in total. The predicted molar refractivity (Wildman–Crippen MR) is 90.4 cm³/mol. The van der Waals surface area contributed by atoms with E-state index in [1.54, 1.807) is 20.8 Å². The molecule has 1 saturated heterocycles. The molecule has 0 bridgehead atoms. The molecule has 1 fully saturated rings. The van der Waals surface area contributed by atoms with Crippen molar-refractivity contribution in [2.75, 3.05) is 25.4 Å². The number of sulfone groups is 1. The lowest BCUT2D eigenvalue weighted by molar-refractivity contribution is 0.0670. The molecule has 1 heterocycles. The van der Waals surface area contributed by atoms with Crippen LogP contribution in [0.15, 0.2) is 0 Å². The third kappa shape index (κ3) is 5.22. The van der Waals surface area contributed by atoms with Gasteiger partial charge in [-0.1, -0.05) is 13.8 Å².